The Kier molecular flexibility index (Phi) is 3.37. The predicted molar refractivity (Wildman–Crippen MR) is 62.9 cm³/mol. The van der Waals surface area contributed by atoms with Gasteiger partial charge in [-0.15, -0.1) is 0 Å². The summed E-state index contributed by atoms with van der Waals surface area (Å²) in [5.74, 6) is 0.732. The van der Waals surface area contributed by atoms with Gasteiger partial charge in [0.1, 0.15) is 11.9 Å². The molecule has 3 nitrogen and oxygen atoms in total. The van der Waals surface area contributed by atoms with Crippen LogP contribution in [0, 0.1) is 0 Å². The van der Waals surface area contributed by atoms with E-state index in [4.69, 9.17) is 0 Å². The van der Waals surface area contributed by atoms with Gasteiger partial charge in [-0.2, -0.15) is 0 Å². The van der Waals surface area contributed by atoms with Crippen molar-refractivity contribution >= 4 is 0 Å². The summed E-state index contributed by atoms with van der Waals surface area (Å²) in [6, 6.07) is 10.2. The van der Waals surface area contributed by atoms with Crippen LogP contribution in [0.15, 0.2) is 42.7 Å². The van der Waals surface area contributed by atoms with Crippen LogP contribution in [-0.2, 0) is 13.5 Å². The van der Waals surface area contributed by atoms with Crippen LogP contribution in [0.25, 0.3) is 0 Å². The standard InChI is InChI=1S/C13H16N2O/c1-15-10-9-14-13(15)12(16)8-7-11-5-3-2-4-6-11/h2-6,9-10,12,16H,7-8H2,1H3. The lowest BCUT2D eigenvalue weighted by Crippen LogP contribution is -2.06. The molecule has 1 atom stereocenters. The minimum absolute atomic E-state index is 0.486. The van der Waals surface area contributed by atoms with Gasteiger partial charge in [0.2, 0.25) is 0 Å². The summed E-state index contributed by atoms with van der Waals surface area (Å²) in [7, 11) is 1.90. The molecule has 0 aliphatic carbocycles. The summed E-state index contributed by atoms with van der Waals surface area (Å²) < 4.78 is 1.86. The van der Waals surface area contributed by atoms with Crippen molar-refractivity contribution in [2.24, 2.45) is 7.05 Å². The smallest absolute Gasteiger partial charge is 0.137 e. The Morgan fingerprint density at radius 1 is 1.31 bits per heavy atom. The van der Waals surface area contributed by atoms with E-state index in [9.17, 15) is 5.11 Å². The number of aromatic nitrogens is 2. The van der Waals surface area contributed by atoms with Gasteiger partial charge in [-0.25, -0.2) is 4.98 Å². The monoisotopic (exact) mass is 216 g/mol. The Morgan fingerprint density at radius 3 is 2.69 bits per heavy atom. The van der Waals surface area contributed by atoms with Crippen molar-refractivity contribution < 1.29 is 5.11 Å². The van der Waals surface area contributed by atoms with Crippen molar-refractivity contribution in [3.8, 4) is 0 Å². The number of hydrogen-bond acceptors (Lipinski definition) is 2. The van der Waals surface area contributed by atoms with Gasteiger partial charge in [-0.3, -0.25) is 0 Å². The van der Waals surface area contributed by atoms with Crippen molar-refractivity contribution in [3.05, 3.63) is 54.1 Å². The fourth-order valence-electron chi connectivity index (χ4n) is 1.78. The van der Waals surface area contributed by atoms with E-state index in [-0.39, 0.29) is 0 Å². The molecule has 0 bridgehead atoms. The first-order valence-corrected chi connectivity index (χ1v) is 5.46. The molecule has 0 amide bonds. The molecule has 1 N–H and O–H groups in total. The maximum absolute atomic E-state index is 9.97. The maximum atomic E-state index is 9.97. The number of imidazole rings is 1. The molecular formula is C13H16N2O. The van der Waals surface area contributed by atoms with Gasteiger partial charge in [0.25, 0.3) is 0 Å². The highest BCUT2D eigenvalue weighted by atomic mass is 16.3. The summed E-state index contributed by atoms with van der Waals surface area (Å²) in [5, 5.41) is 9.97. The van der Waals surface area contributed by atoms with Crippen LogP contribution >= 0.6 is 0 Å². The molecule has 0 saturated heterocycles. The molecule has 84 valence electrons. The Hall–Kier alpha value is -1.61. The molecular weight excluding hydrogens is 200 g/mol. The number of benzene rings is 1. The highest BCUT2D eigenvalue weighted by Crippen LogP contribution is 2.16. The molecule has 1 aromatic heterocycles. The molecule has 1 heterocycles. The normalized spacial score (nSPS) is 12.6. The van der Waals surface area contributed by atoms with Gasteiger partial charge in [0.05, 0.1) is 0 Å². The highest BCUT2D eigenvalue weighted by molar-refractivity contribution is 5.15. The molecule has 0 aliphatic rings. The Bertz CT molecular complexity index is 436. The van der Waals surface area contributed by atoms with Gasteiger partial charge in [-0.1, -0.05) is 30.3 Å². The van der Waals surface area contributed by atoms with Crippen LogP contribution in [0.1, 0.15) is 23.9 Å². The van der Waals surface area contributed by atoms with Crippen LogP contribution in [-0.4, -0.2) is 14.7 Å². The maximum Gasteiger partial charge on any atom is 0.137 e. The zero-order chi connectivity index (χ0) is 11.4. The van der Waals surface area contributed by atoms with E-state index in [1.807, 2.05) is 36.0 Å². The zero-order valence-corrected chi connectivity index (χ0v) is 9.37. The van der Waals surface area contributed by atoms with Gasteiger partial charge >= 0.3 is 0 Å². The molecule has 0 saturated carbocycles. The first-order valence-electron chi connectivity index (χ1n) is 5.46. The topological polar surface area (TPSA) is 38.0 Å². The van der Waals surface area contributed by atoms with Crippen LogP contribution in [0.2, 0.25) is 0 Å². The largest absolute Gasteiger partial charge is 0.385 e. The number of aliphatic hydroxyl groups is 1. The third-order valence-corrected chi connectivity index (χ3v) is 2.71. The van der Waals surface area contributed by atoms with Crippen LogP contribution < -0.4 is 0 Å². The van der Waals surface area contributed by atoms with Crippen molar-refractivity contribution in [2.45, 2.75) is 18.9 Å². The fourth-order valence-corrected chi connectivity index (χ4v) is 1.78. The molecule has 0 aliphatic heterocycles. The molecule has 0 fully saturated rings. The number of hydrogen-bond donors (Lipinski definition) is 1. The number of aryl methyl sites for hydroxylation is 2. The molecule has 1 unspecified atom stereocenters. The van der Waals surface area contributed by atoms with Crippen LogP contribution in [0.4, 0.5) is 0 Å². The second-order valence-corrected chi connectivity index (χ2v) is 3.94. The number of nitrogens with zero attached hydrogens (tertiary/aromatic N) is 2. The molecule has 2 rings (SSSR count). The third-order valence-electron chi connectivity index (χ3n) is 2.71. The Labute approximate surface area is 95.4 Å². The SMILES string of the molecule is Cn1ccnc1C(O)CCc1ccccc1. The highest BCUT2D eigenvalue weighted by Gasteiger charge is 2.11. The van der Waals surface area contributed by atoms with E-state index in [0.717, 1.165) is 12.2 Å². The second kappa shape index (κ2) is 4.94. The van der Waals surface area contributed by atoms with E-state index in [0.29, 0.717) is 6.42 Å². The van der Waals surface area contributed by atoms with Crippen LogP contribution in [0.3, 0.4) is 0 Å². The van der Waals surface area contributed by atoms with E-state index in [2.05, 4.69) is 17.1 Å². The van der Waals surface area contributed by atoms with Crippen LogP contribution in [0.5, 0.6) is 0 Å². The third kappa shape index (κ3) is 2.49. The summed E-state index contributed by atoms with van der Waals surface area (Å²) >= 11 is 0. The molecule has 0 radical (unpaired) electrons. The van der Waals surface area contributed by atoms with E-state index in [1.165, 1.54) is 5.56 Å². The van der Waals surface area contributed by atoms with Gasteiger partial charge in [0, 0.05) is 19.4 Å². The number of aliphatic hydroxyl groups excluding tert-OH is 1. The Morgan fingerprint density at radius 2 is 2.06 bits per heavy atom. The number of rotatable bonds is 4. The molecule has 1 aromatic carbocycles. The van der Waals surface area contributed by atoms with Gasteiger partial charge < -0.3 is 9.67 Å². The summed E-state index contributed by atoms with van der Waals surface area (Å²) in [6.07, 6.45) is 4.64. The summed E-state index contributed by atoms with van der Waals surface area (Å²) in [4.78, 5) is 4.14. The first kappa shape index (κ1) is 10.9. The van der Waals surface area contributed by atoms with E-state index < -0.39 is 6.10 Å². The van der Waals surface area contributed by atoms with E-state index in [1.54, 1.807) is 6.20 Å². The lowest BCUT2D eigenvalue weighted by molar-refractivity contribution is 0.154. The van der Waals surface area contributed by atoms with Crippen molar-refractivity contribution in [1.82, 2.24) is 9.55 Å². The average Bonchev–Trinajstić information content (AvgIpc) is 2.74. The summed E-state index contributed by atoms with van der Waals surface area (Å²) in [6.45, 7) is 0. The zero-order valence-electron chi connectivity index (χ0n) is 9.37. The quantitative estimate of drug-likeness (QED) is 0.849. The molecule has 3 heteroatoms. The molecule has 0 spiro atoms. The van der Waals surface area contributed by atoms with Crippen molar-refractivity contribution in [1.29, 1.82) is 0 Å². The second-order valence-electron chi connectivity index (χ2n) is 3.94. The molecule has 16 heavy (non-hydrogen) atoms. The Balaban J connectivity index is 1.94. The minimum atomic E-state index is -0.486. The van der Waals surface area contributed by atoms with Gasteiger partial charge in [-0.05, 0) is 18.4 Å². The van der Waals surface area contributed by atoms with Gasteiger partial charge in [0.15, 0.2) is 0 Å². The molecule has 2 aromatic rings. The minimum Gasteiger partial charge on any atom is -0.385 e. The first-order chi connectivity index (χ1) is 7.77. The fraction of sp³-hybridized carbons (Fsp3) is 0.308. The predicted octanol–water partition coefficient (Wildman–Crippen LogP) is 2.09. The lowest BCUT2D eigenvalue weighted by atomic mass is 10.1. The summed E-state index contributed by atoms with van der Waals surface area (Å²) in [5.41, 5.74) is 1.25. The average molecular weight is 216 g/mol. The van der Waals surface area contributed by atoms with Crippen molar-refractivity contribution in [3.63, 3.8) is 0 Å². The van der Waals surface area contributed by atoms with E-state index >= 15 is 0 Å². The van der Waals surface area contributed by atoms with Crippen molar-refractivity contribution in [2.75, 3.05) is 0 Å². The lowest BCUT2D eigenvalue weighted by Gasteiger charge is -2.10.